The van der Waals surface area contributed by atoms with Crippen molar-refractivity contribution in [1.82, 2.24) is 10.3 Å². The standard InChI is InChI=1S/C15H14Cl2N2O2/c16-11-5-4-10(7-12(11)17)8-19-14(9-20)15(21)13-3-1-2-6-18-13/h1-7,9,14-15,19,21H,8H2/t14-,15+/m1/s1. The molecule has 1 aromatic carbocycles. The Kier molecular flexibility index (Phi) is 5.70. The summed E-state index contributed by atoms with van der Waals surface area (Å²) in [6.07, 6.45) is 1.22. The summed E-state index contributed by atoms with van der Waals surface area (Å²) in [7, 11) is 0. The summed E-state index contributed by atoms with van der Waals surface area (Å²) < 4.78 is 0. The first kappa shape index (κ1) is 15.9. The number of aliphatic hydroxyl groups is 1. The largest absolute Gasteiger partial charge is 0.385 e. The molecular weight excluding hydrogens is 311 g/mol. The lowest BCUT2D eigenvalue weighted by molar-refractivity contribution is -0.112. The van der Waals surface area contributed by atoms with Crippen molar-refractivity contribution in [3.63, 3.8) is 0 Å². The molecule has 21 heavy (non-hydrogen) atoms. The smallest absolute Gasteiger partial charge is 0.139 e. The third-order valence-corrected chi connectivity index (χ3v) is 3.74. The number of aldehydes is 1. The van der Waals surface area contributed by atoms with Crippen LogP contribution in [0.4, 0.5) is 0 Å². The van der Waals surface area contributed by atoms with E-state index < -0.39 is 12.1 Å². The molecular formula is C15H14Cl2N2O2. The Morgan fingerprint density at radius 1 is 1.24 bits per heavy atom. The molecule has 4 nitrogen and oxygen atoms in total. The highest BCUT2D eigenvalue weighted by molar-refractivity contribution is 6.42. The first-order valence-electron chi connectivity index (χ1n) is 6.33. The zero-order chi connectivity index (χ0) is 15.2. The third kappa shape index (κ3) is 4.25. The van der Waals surface area contributed by atoms with Crippen molar-refractivity contribution in [2.24, 2.45) is 0 Å². The van der Waals surface area contributed by atoms with Crippen LogP contribution in [0.3, 0.4) is 0 Å². The van der Waals surface area contributed by atoms with Crippen LogP contribution in [0.15, 0.2) is 42.6 Å². The van der Waals surface area contributed by atoms with E-state index in [0.29, 0.717) is 28.6 Å². The van der Waals surface area contributed by atoms with Crippen LogP contribution in [-0.2, 0) is 11.3 Å². The molecule has 6 heteroatoms. The van der Waals surface area contributed by atoms with Crippen LogP contribution in [0.5, 0.6) is 0 Å². The van der Waals surface area contributed by atoms with Gasteiger partial charge in [-0.25, -0.2) is 0 Å². The summed E-state index contributed by atoms with van der Waals surface area (Å²) in [5, 5.41) is 14.0. The summed E-state index contributed by atoms with van der Waals surface area (Å²) in [5.74, 6) is 0. The average molecular weight is 325 g/mol. The second-order valence-electron chi connectivity index (χ2n) is 4.49. The van der Waals surface area contributed by atoms with Gasteiger partial charge in [-0.15, -0.1) is 0 Å². The van der Waals surface area contributed by atoms with Crippen molar-refractivity contribution >= 4 is 29.5 Å². The third-order valence-electron chi connectivity index (χ3n) is 3.00. The average Bonchev–Trinajstić information content (AvgIpc) is 2.52. The van der Waals surface area contributed by atoms with Crippen LogP contribution in [0.1, 0.15) is 17.4 Å². The highest BCUT2D eigenvalue weighted by Gasteiger charge is 2.20. The SMILES string of the molecule is O=C[C@@H](NCc1ccc(Cl)c(Cl)c1)[C@@H](O)c1ccccn1. The van der Waals surface area contributed by atoms with Crippen molar-refractivity contribution < 1.29 is 9.90 Å². The quantitative estimate of drug-likeness (QED) is 0.802. The molecule has 0 radical (unpaired) electrons. The molecule has 0 saturated heterocycles. The van der Waals surface area contributed by atoms with Crippen molar-refractivity contribution in [2.45, 2.75) is 18.7 Å². The maximum atomic E-state index is 11.2. The van der Waals surface area contributed by atoms with Gasteiger partial charge in [0.1, 0.15) is 12.4 Å². The van der Waals surface area contributed by atoms with Gasteiger partial charge in [0.25, 0.3) is 0 Å². The highest BCUT2D eigenvalue weighted by atomic mass is 35.5. The van der Waals surface area contributed by atoms with Gasteiger partial charge in [-0.3, -0.25) is 4.98 Å². The lowest BCUT2D eigenvalue weighted by atomic mass is 10.1. The molecule has 2 N–H and O–H groups in total. The van der Waals surface area contributed by atoms with Gasteiger partial charge >= 0.3 is 0 Å². The van der Waals surface area contributed by atoms with E-state index in [9.17, 15) is 9.90 Å². The number of aromatic nitrogens is 1. The molecule has 0 aliphatic heterocycles. The summed E-state index contributed by atoms with van der Waals surface area (Å²) in [6, 6.07) is 9.62. The maximum absolute atomic E-state index is 11.2. The van der Waals surface area contributed by atoms with E-state index in [0.717, 1.165) is 5.56 Å². The molecule has 1 aromatic heterocycles. The molecule has 2 atom stereocenters. The predicted molar refractivity (Wildman–Crippen MR) is 82.4 cm³/mol. The van der Waals surface area contributed by atoms with Gasteiger partial charge < -0.3 is 15.2 Å². The van der Waals surface area contributed by atoms with Gasteiger partial charge in [0.15, 0.2) is 0 Å². The normalized spacial score (nSPS) is 13.7. The molecule has 110 valence electrons. The van der Waals surface area contributed by atoms with Crippen LogP contribution < -0.4 is 5.32 Å². The lowest BCUT2D eigenvalue weighted by Crippen LogP contribution is -2.36. The van der Waals surface area contributed by atoms with E-state index in [-0.39, 0.29) is 0 Å². The van der Waals surface area contributed by atoms with E-state index in [1.807, 2.05) is 0 Å². The number of rotatable bonds is 6. The van der Waals surface area contributed by atoms with Crippen molar-refractivity contribution in [3.05, 3.63) is 63.9 Å². The second kappa shape index (κ2) is 7.52. The van der Waals surface area contributed by atoms with E-state index in [1.54, 1.807) is 42.6 Å². The predicted octanol–water partition coefficient (Wildman–Crippen LogP) is 2.78. The Morgan fingerprint density at radius 2 is 2.05 bits per heavy atom. The molecule has 0 spiro atoms. The van der Waals surface area contributed by atoms with Crippen LogP contribution in [0, 0.1) is 0 Å². The number of hydrogen-bond donors (Lipinski definition) is 2. The Labute approximate surface area is 132 Å². The lowest BCUT2D eigenvalue weighted by Gasteiger charge is -2.18. The molecule has 0 unspecified atom stereocenters. The molecule has 2 rings (SSSR count). The van der Waals surface area contributed by atoms with Crippen LogP contribution >= 0.6 is 23.2 Å². The van der Waals surface area contributed by atoms with E-state index in [1.165, 1.54) is 0 Å². The number of nitrogens with zero attached hydrogens (tertiary/aromatic N) is 1. The monoisotopic (exact) mass is 324 g/mol. The minimum Gasteiger partial charge on any atom is -0.385 e. The van der Waals surface area contributed by atoms with Crippen LogP contribution in [-0.4, -0.2) is 22.4 Å². The Hall–Kier alpha value is -1.46. The summed E-state index contributed by atoms with van der Waals surface area (Å²) >= 11 is 11.8. The number of carbonyl (C=O) groups excluding carboxylic acids is 1. The first-order chi connectivity index (χ1) is 10.1. The van der Waals surface area contributed by atoms with Gasteiger partial charge in [0.2, 0.25) is 0 Å². The maximum Gasteiger partial charge on any atom is 0.139 e. The molecule has 0 fully saturated rings. The zero-order valence-electron chi connectivity index (χ0n) is 11.0. The Morgan fingerprint density at radius 3 is 2.67 bits per heavy atom. The van der Waals surface area contributed by atoms with Crippen LogP contribution in [0.25, 0.3) is 0 Å². The number of hydrogen-bond acceptors (Lipinski definition) is 4. The topological polar surface area (TPSA) is 62.2 Å². The molecule has 2 aromatic rings. The molecule has 0 saturated carbocycles. The number of benzene rings is 1. The fraction of sp³-hybridized carbons (Fsp3) is 0.200. The van der Waals surface area contributed by atoms with E-state index in [2.05, 4.69) is 10.3 Å². The number of carbonyl (C=O) groups is 1. The van der Waals surface area contributed by atoms with Gasteiger partial charge in [-0.05, 0) is 29.8 Å². The van der Waals surface area contributed by atoms with Crippen molar-refractivity contribution in [1.29, 1.82) is 0 Å². The number of nitrogens with one attached hydrogen (secondary N) is 1. The summed E-state index contributed by atoms with van der Waals surface area (Å²) in [4.78, 5) is 15.2. The molecule has 0 aliphatic carbocycles. The molecule has 0 aliphatic rings. The van der Waals surface area contributed by atoms with E-state index in [4.69, 9.17) is 23.2 Å². The first-order valence-corrected chi connectivity index (χ1v) is 7.09. The van der Waals surface area contributed by atoms with Crippen LogP contribution in [0.2, 0.25) is 10.0 Å². The highest BCUT2D eigenvalue weighted by Crippen LogP contribution is 2.22. The van der Waals surface area contributed by atoms with Crippen molar-refractivity contribution in [2.75, 3.05) is 0 Å². The minimum absolute atomic E-state index is 0.379. The molecule has 1 heterocycles. The number of aliphatic hydroxyl groups excluding tert-OH is 1. The minimum atomic E-state index is -1.01. The molecule has 0 amide bonds. The number of halogens is 2. The number of pyridine rings is 1. The Balaban J connectivity index is 2.02. The summed E-state index contributed by atoms with van der Waals surface area (Å²) in [6.45, 7) is 0.379. The second-order valence-corrected chi connectivity index (χ2v) is 5.31. The van der Waals surface area contributed by atoms with Gasteiger partial charge in [0, 0.05) is 12.7 Å². The molecule has 0 bridgehead atoms. The Bertz CT molecular complexity index is 608. The van der Waals surface area contributed by atoms with Gasteiger partial charge in [-0.1, -0.05) is 35.3 Å². The zero-order valence-corrected chi connectivity index (χ0v) is 12.6. The van der Waals surface area contributed by atoms with Gasteiger partial charge in [0.05, 0.1) is 21.8 Å². The fourth-order valence-corrected chi connectivity index (χ4v) is 2.18. The fourth-order valence-electron chi connectivity index (χ4n) is 1.85. The van der Waals surface area contributed by atoms with Crippen molar-refractivity contribution in [3.8, 4) is 0 Å². The van der Waals surface area contributed by atoms with Gasteiger partial charge in [-0.2, -0.15) is 0 Å². The van der Waals surface area contributed by atoms with E-state index >= 15 is 0 Å². The summed E-state index contributed by atoms with van der Waals surface area (Å²) in [5.41, 5.74) is 1.31.